The maximum absolute atomic E-state index is 5.81. The zero-order chi connectivity index (χ0) is 14.9. The third-order valence-corrected chi connectivity index (χ3v) is 3.94. The molecule has 0 amide bonds. The molecule has 0 atom stereocenters. The Bertz CT molecular complexity index is 406. The molecule has 2 rings (SSSR count). The second-order valence-corrected chi connectivity index (χ2v) is 6.18. The van der Waals surface area contributed by atoms with Crippen LogP contribution >= 0.6 is 0 Å². The van der Waals surface area contributed by atoms with Gasteiger partial charge >= 0.3 is 0 Å². The monoisotopic (exact) mass is 290 g/mol. The molecule has 21 heavy (non-hydrogen) atoms. The first-order chi connectivity index (χ1) is 10.3. The van der Waals surface area contributed by atoms with Crippen molar-refractivity contribution in [1.82, 2.24) is 5.32 Å². The normalized spacial score (nSPS) is 14.7. The summed E-state index contributed by atoms with van der Waals surface area (Å²) in [6.45, 7) is 8.67. The van der Waals surface area contributed by atoms with Gasteiger partial charge < -0.3 is 15.0 Å². The maximum atomic E-state index is 5.81. The minimum Gasteiger partial charge on any atom is -0.491 e. The van der Waals surface area contributed by atoms with Gasteiger partial charge in [0, 0.05) is 19.1 Å². The molecule has 0 aromatic heterocycles. The Morgan fingerprint density at radius 3 is 2.81 bits per heavy atom. The van der Waals surface area contributed by atoms with Crippen molar-refractivity contribution in [2.24, 2.45) is 0 Å². The molecule has 1 N–H and O–H groups in total. The zero-order valence-electron chi connectivity index (χ0n) is 13.6. The average molecular weight is 290 g/mol. The van der Waals surface area contributed by atoms with Crippen LogP contribution in [0.4, 0.5) is 5.69 Å². The van der Waals surface area contributed by atoms with Gasteiger partial charge in [-0.1, -0.05) is 38.8 Å². The summed E-state index contributed by atoms with van der Waals surface area (Å²) in [4.78, 5) is 2.49. The molecule has 3 nitrogen and oxygen atoms in total. The molecule has 3 heteroatoms. The van der Waals surface area contributed by atoms with E-state index in [9.17, 15) is 0 Å². The highest BCUT2D eigenvalue weighted by Crippen LogP contribution is 2.30. The van der Waals surface area contributed by atoms with Crippen molar-refractivity contribution >= 4 is 5.69 Å². The molecule has 0 spiro atoms. The van der Waals surface area contributed by atoms with E-state index in [1.165, 1.54) is 31.4 Å². The molecule has 0 aliphatic carbocycles. The first kappa shape index (κ1) is 16.2. The quantitative estimate of drug-likeness (QED) is 0.736. The molecule has 0 saturated heterocycles. The SMILES string of the molecule is CC(C)NCCCCCCN1CCCOc2ccccc21. The van der Waals surface area contributed by atoms with E-state index >= 15 is 0 Å². The molecule has 1 aliphatic rings. The highest BCUT2D eigenvalue weighted by atomic mass is 16.5. The largest absolute Gasteiger partial charge is 0.491 e. The molecular formula is C18H30N2O. The van der Waals surface area contributed by atoms with Crippen molar-refractivity contribution in [2.45, 2.75) is 52.0 Å². The van der Waals surface area contributed by atoms with Gasteiger partial charge in [-0.15, -0.1) is 0 Å². The topological polar surface area (TPSA) is 24.5 Å². The van der Waals surface area contributed by atoms with Crippen LogP contribution in [-0.2, 0) is 0 Å². The first-order valence-electron chi connectivity index (χ1n) is 8.47. The molecule has 118 valence electrons. The van der Waals surface area contributed by atoms with Gasteiger partial charge in [0.05, 0.1) is 12.3 Å². The van der Waals surface area contributed by atoms with Gasteiger partial charge in [0.25, 0.3) is 0 Å². The predicted molar refractivity (Wildman–Crippen MR) is 90.4 cm³/mol. The maximum Gasteiger partial charge on any atom is 0.142 e. The number of para-hydroxylation sites is 2. The van der Waals surface area contributed by atoms with Gasteiger partial charge in [0.15, 0.2) is 0 Å². The summed E-state index contributed by atoms with van der Waals surface area (Å²) >= 11 is 0. The smallest absolute Gasteiger partial charge is 0.142 e. The molecule has 1 heterocycles. The van der Waals surface area contributed by atoms with Crippen molar-refractivity contribution in [3.63, 3.8) is 0 Å². The van der Waals surface area contributed by atoms with Crippen LogP contribution in [-0.4, -0.2) is 32.3 Å². The van der Waals surface area contributed by atoms with Crippen LogP contribution in [0.1, 0.15) is 46.0 Å². The Kier molecular flexibility index (Phi) is 6.87. The first-order valence-corrected chi connectivity index (χ1v) is 8.47. The van der Waals surface area contributed by atoms with Gasteiger partial charge in [0.2, 0.25) is 0 Å². The Morgan fingerprint density at radius 1 is 1.14 bits per heavy atom. The lowest BCUT2D eigenvalue weighted by molar-refractivity contribution is 0.322. The summed E-state index contributed by atoms with van der Waals surface area (Å²) < 4.78 is 5.81. The number of hydrogen-bond donors (Lipinski definition) is 1. The van der Waals surface area contributed by atoms with Gasteiger partial charge in [-0.3, -0.25) is 0 Å². The van der Waals surface area contributed by atoms with Crippen LogP contribution in [0.3, 0.4) is 0 Å². The van der Waals surface area contributed by atoms with Crippen LogP contribution < -0.4 is 15.0 Å². The number of nitrogens with one attached hydrogen (secondary N) is 1. The van der Waals surface area contributed by atoms with E-state index in [-0.39, 0.29) is 0 Å². The summed E-state index contributed by atoms with van der Waals surface area (Å²) in [5.41, 5.74) is 1.27. The molecule has 0 radical (unpaired) electrons. The van der Waals surface area contributed by atoms with Crippen molar-refractivity contribution in [3.8, 4) is 5.75 Å². The third kappa shape index (κ3) is 5.58. The molecule has 1 aromatic carbocycles. The number of anilines is 1. The fraction of sp³-hybridized carbons (Fsp3) is 0.667. The van der Waals surface area contributed by atoms with E-state index in [2.05, 4.69) is 48.3 Å². The molecule has 1 aliphatic heterocycles. The summed E-state index contributed by atoms with van der Waals surface area (Å²) in [7, 11) is 0. The van der Waals surface area contributed by atoms with E-state index < -0.39 is 0 Å². The molecule has 0 fully saturated rings. The van der Waals surface area contributed by atoms with Gasteiger partial charge in [-0.05, 0) is 37.9 Å². The average Bonchev–Trinajstić information content (AvgIpc) is 2.68. The van der Waals surface area contributed by atoms with Crippen molar-refractivity contribution in [3.05, 3.63) is 24.3 Å². The summed E-state index contributed by atoms with van der Waals surface area (Å²) in [6.07, 6.45) is 6.33. The fourth-order valence-electron chi connectivity index (χ4n) is 2.80. The van der Waals surface area contributed by atoms with Gasteiger partial charge in [-0.2, -0.15) is 0 Å². The number of ether oxygens (including phenoxy) is 1. The van der Waals surface area contributed by atoms with Gasteiger partial charge in [-0.25, -0.2) is 0 Å². The molecule has 0 unspecified atom stereocenters. The number of unbranched alkanes of at least 4 members (excludes halogenated alkanes) is 3. The standard InChI is InChI=1S/C18H30N2O/c1-16(2)19-12-7-3-4-8-13-20-14-9-15-21-18-11-6-5-10-17(18)20/h5-6,10-11,16,19H,3-4,7-9,12-15H2,1-2H3. The molecular weight excluding hydrogens is 260 g/mol. The van der Waals surface area contributed by atoms with Crippen LogP contribution in [0.25, 0.3) is 0 Å². The van der Waals surface area contributed by atoms with E-state index in [0.29, 0.717) is 6.04 Å². The lowest BCUT2D eigenvalue weighted by Crippen LogP contribution is -2.25. The Hall–Kier alpha value is -1.22. The van der Waals surface area contributed by atoms with Crippen LogP contribution in [0, 0.1) is 0 Å². The van der Waals surface area contributed by atoms with E-state index in [1.54, 1.807) is 0 Å². The Balaban J connectivity index is 1.68. The lowest BCUT2D eigenvalue weighted by atomic mass is 10.1. The number of rotatable bonds is 8. The highest BCUT2D eigenvalue weighted by Gasteiger charge is 2.14. The van der Waals surface area contributed by atoms with Crippen LogP contribution in [0.2, 0.25) is 0 Å². The summed E-state index contributed by atoms with van der Waals surface area (Å²) in [5.74, 6) is 1.05. The summed E-state index contributed by atoms with van der Waals surface area (Å²) in [6, 6.07) is 9.05. The van der Waals surface area contributed by atoms with E-state index in [1.807, 2.05) is 0 Å². The number of fused-ring (bicyclic) bond motifs is 1. The van der Waals surface area contributed by atoms with Crippen molar-refractivity contribution in [2.75, 3.05) is 31.1 Å². The number of hydrogen-bond acceptors (Lipinski definition) is 3. The minimum absolute atomic E-state index is 0.610. The zero-order valence-corrected chi connectivity index (χ0v) is 13.6. The van der Waals surface area contributed by atoms with Crippen LogP contribution in [0.15, 0.2) is 24.3 Å². The predicted octanol–water partition coefficient (Wildman–Crippen LogP) is 3.83. The van der Waals surface area contributed by atoms with Gasteiger partial charge in [0.1, 0.15) is 5.75 Å². The number of nitrogens with zero attached hydrogens (tertiary/aromatic N) is 1. The van der Waals surface area contributed by atoms with E-state index in [4.69, 9.17) is 4.74 Å². The molecule has 1 aromatic rings. The second-order valence-electron chi connectivity index (χ2n) is 6.18. The Labute approximate surface area is 129 Å². The fourth-order valence-corrected chi connectivity index (χ4v) is 2.80. The van der Waals surface area contributed by atoms with E-state index in [0.717, 1.165) is 38.4 Å². The lowest BCUT2D eigenvalue weighted by Gasteiger charge is -2.23. The Morgan fingerprint density at radius 2 is 1.95 bits per heavy atom. The molecule has 0 bridgehead atoms. The van der Waals surface area contributed by atoms with Crippen molar-refractivity contribution < 1.29 is 4.74 Å². The second kappa shape index (κ2) is 8.93. The highest BCUT2D eigenvalue weighted by molar-refractivity contribution is 5.58. The third-order valence-electron chi connectivity index (χ3n) is 3.94. The summed E-state index contributed by atoms with van der Waals surface area (Å²) in [5, 5.41) is 3.48. The van der Waals surface area contributed by atoms with Crippen molar-refractivity contribution in [1.29, 1.82) is 0 Å². The number of benzene rings is 1. The molecule has 0 saturated carbocycles. The minimum atomic E-state index is 0.610. The van der Waals surface area contributed by atoms with Crippen LogP contribution in [0.5, 0.6) is 5.75 Å².